The van der Waals surface area contributed by atoms with Gasteiger partial charge in [0.2, 0.25) is 0 Å². The fourth-order valence-electron chi connectivity index (χ4n) is 2.28. The summed E-state index contributed by atoms with van der Waals surface area (Å²) in [7, 11) is 0. The molecule has 2 rings (SSSR count). The quantitative estimate of drug-likeness (QED) is 0.572. The summed E-state index contributed by atoms with van der Waals surface area (Å²) in [6.07, 6.45) is 3.75. The van der Waals surface area contributed by atoms with Crippen LogP contribution in [0.4, 0.5) is 0 Å². The Morgan fingerprint density at radius 3 is 2.70 bits per heavy atom. The van der Waals surface area contributed by atoms with Crippen LogP contribution in [0.5, 0.6) is 5.75 Å². The van der Waals surface area contributed by atoms with E-state index in [1.807, 2.05) is 24.3 Å². The van der Waals surface area contributed by atoms with Gasteiger partial charge >= 0.3 is 0 Å². The Kier molecular flexibility index (Phi) is 7.73. The second kappa shape index (κ2) is 9.82. The van der Waals surface area contributed by atoms with Gasteiger partial charge in [0.05, 0.1) is 0 Å². The molecule has 0 aromatic heterocycles. The van der Waals surface area contributed by atoms with Crippen LogP contribution in [0.15, 0.2) is 42.5 Å². The Morgan fingerprint density at radius 1 is 1.04 bits per heavy atom. The van der Waals surface area contributed by atoms with E-state index in [2.05, 4.69) is 24.4 Å². The normalized spacial score (nSPS) is 10.7. The molecule has 0 aliphatic carbocycles. The highest BCUT2D eigenvalue weighted by molar-refractivity contribution is 6.35. The third kappa shape index (κ3) is 6.42. The molecule has 0 aliphatic heterocycles. The zero-order valence-electron chi connectivity index (χ0n) is 13.4. The Morgan fingerprint density at radius 2 is 1.91 bits per heavy atom. The second-order valence-corrected chi connectivity index (χ2v) is 6.40. The second-order valence-electron chi connectivity index (χ2n) is 5.56. The molecule has 0 bridgehead atoms. The molecule has 23 heavy (non-hydrogen) atoms. The number of hydrogen-bond acceptors (Lipinski definition) is 2. The first-order valence-electron chi connectivity index (χ1n) is 8.05. The summed E-state index contributed by atoms with van der Waals surface area (Å²) >= 11 is 12.1. The molecule has 4 heteroatoms. The summed E-state index contributed by atoms with van der Waals surface area (Å²) in [5.41, 5.74) is 2.15. The Labute approximate surface area is 148 Å². The summed E-state index contributed by atoms with van der Waals surface area (Å²) in [5, 5.41) is 4.73. The minimum Gasteiger partial charge on any atom is -0.489 e. The largest absolute Gasteiger partial charge is 0.489 e. The number of rotatable bonds is 9. The van der Waals surface area contributed by atoms with Crippen LogP contribution >= 0.6 is 23.2 Å². The molecule has 0 radical (unpaired) electrons. The molecular weight excluding hydrogens is 329 g/mol. The van der Waals surface area contributed by atoms with Gasteiger partial charge in [-0.2, -0.15) is 0 Å². The number of halogens is 2. The van der Waals surface area contributed by atoms with Crippen molar-refractivity contribution in [2.24, 2.45) is 0 Å². The fraction of sp³-hybridized carbons (Fsp3) is 0.368. The summed E-state index contributed by atoms with van der Waals surface area (Å²) in [4.78, 5) is 0. The monoisotopic (exact) mass is 351 g/mol. The maximum absolute atomic E-state index is 6.16. The minimum atomic E-state index is 0.434. The lowest BCUT2D eigenvalue weighted by molar-refractivity contribution is 0.306. The van der Waals surface area contributed by atoms with Gasteiger partial charge < -0.3 is 10.1 Å². The molecule has 0 heterocycles. The van der Waals surface area contributed by atoms with Crippen LogP contribution in [0, 0.1) is 0 Å². The van der Waals surface area contributed by atoms with Crippen LogP contribution < -0.4 is 10.1 Å². The highest BCUT2D eigenvalue weighted by atomic mass is 35.5. The third-order valence-electron chi connectivity index (χ3n) is 3.59. The van der Waals surface area contributed by atoms with Gasteiger partial charge in [0, 0.05) is 22.2 Å². The van der Waals surface area contributed by atoms with Gasteiger partial charge in [-0.15, -0.1) is 0 Å². The lowest BCUT2D eigenvalue weighted by Gasteiger charge is -2.10. The highest BCUT2D eigenvalue weighted by Gasteiger charge is 2.03. The average Bonchev–Trinajstić information content (AvgIpc) is 2.54. The van der Waals surface area contributed by atoms with E-state index in [0.29, 0.717) is 16.7 Å². The van der Waals surface area contributed by atoms with Gasteiger partial charge in [-0.25, -0.2) is 0 Å². The predicted molar refractivity (Wildman–Crippen MR) is 98.5 cm³/mol. The van der Waals surface area contributed by atoms with Gasteiger partial charge in [0.15, 0.2) is 0 Å². The Balaban J connectivity index is 1.84. The van der Waals surface area contributed by atoms with Crippen molar-refractivity contribution in [3.05, 3.63) is 63.6 Å². The first kappa shape index (κ1) is 18.1. The first-order valence-corrected chi connectivity index (χ1v) is 8.81. The number of benzene rings is 2. The highest BCUT2D eigenvalue weighted by Crippen LogP contribution is 2.23. The molecule has 2 aromatic carbocycles. The number of ether oxygens (including phenoxy) is 1. The first-order chi connectivity index (χ1) is 11.2. The van der Waals surface area contributed by atoms with Crippen molar-refractivity contribution in [2.45, 2.75) is 39.3 Å². The topological polar surface area (TPSA) is 21.3 Å². The van der Waals surface area contributed by atoms with Gasteiger partial charge in [0.1, 0.15) is 12.4 Å². The predicted octanol–water partition coefficient (Wildman–Crippen LogP) is 5.85. The SMILES string of the molecule is CCCCCNCc1cccc(OCc2ccc(Cl)cc2Cl)c1. The van der Waals surface area contributed by atoms with Crippen LogP contribution in [0.1, 0.15) is 37.3 Å². The van der Waals surface area contributed by atoms with E-state index in [0.717, 1.165) is 24.4 Å². The van der Waals surface area contributed by atoms with Crippen LogP contribution in [0.25, 0.3) is 0 Å². The van der Waals surface area contributed by atoms with Crippen LogP contribution in [-0.4, -0.2) is 6.54 Å². The summed E-state index contributed by atoms with van der Waals surface area (Å²) in [6.45, 7) is 4.57. The van der Waals surface area contributed by atoms with Crippen molar-refractivity contribution in [3.8, 4) is 5.75 Å². The van der Waals surface area contributed by atoms with Gasteiger partial charge in [-0.05, 0) is 42.8 Å². The van der Waals surface area contributed by atoms with Crippen LogP contribution in [0.2, 0.25) is 10.0 Å². The lowest BCUT2D eigenvalue weighted by atomic mass is 10.2. The zero-order chi connectivity index (χ0) is 16.5. The maximum atomic E-state index is 6.16. The van der Waals surface area contributed by atoms with Gasteiger partial charge in [-0.3, -0.25) is 0 Å². The minimum absolute atomic E-state index is 0.434. The number of hydrogen-bond donors (Lipinski definition) is 1. The van der Waals surface area contributed by atoms with E-state index < -0.39 is 0 Å². The van der Waals surface area contributed by atoms with Gasteiger partial charge in [-0.1, -0.05) is 61.2 Å². The molecule has 0 fully saturated rings. The molecule has 0 atom stereocenters. The fourth-order valence-corrected chi connectivity index (χ4v) is 2.74. The van der Waals surface area contributed by atoms with Crippen LogP contribution in [-0.2, 0) is 13.2 Å². The molecular formula is C19H23Cl2NO. The standard InChI is InChI=1S/C19H23Cl2NO/c1-2-3-4-10-22-13-15-6-5-7-18(11-15)23-14-16-8-9-17(20)12-19(16)21/h5-9,11-12,22H,2-4,10,13-14H2,1H3. The summed E-state index contributed by atoms with van der Waals surface area (Å²) in [5.74, 6) is 0.851. The molecule has 2 nitrogen and oxygen atoms in total. The van der Waals surface area contributed by atoms with Gasteiger partial charge in [0.25, 0.3) is 0 Å². The average molecular weight is 352 g/mol. The van der Waals surface area contributed by atoms with E-state index >= 15 is 0 Å². The number of unbranched alkanes of at least 4 members (excludes halogenated alkanes) is 2. The van der Waals surface area contributed by atoms with Crippen LogP contribution in [0.3, 0.4) is 0 Å². The Bertz CT molecular complexity index is 616. The summed E-state index contributed by atoms with van der Waals surface area (Å²) < 4.78 is 5.84. The van der Waals surface area contributed by atoms with Crippen molar-refractivity contribution in [2.75, 3.05) is 6.54 Å². The van der Waals surface area contributed by atoms with Crippen molar-refractivity contribution in [1.82, 2.24) is 5.32 Å². The lowest BCUT2D eigenvalue weighted by Crippen LogP contribution is -2.14. The van der Waals surface area contributed by atoms with Crippen molar-refractivity contribution in [3.63, 3.8) is 0 Å². The molecule has 0 saturated heterocycles. The van der Waals surface area contributed by atoms with E-state index in [9.17, 15) is 0 Å². The van der Waals surface area contributed by atoms with E-state index in [1.54, 1.807) is 6.07 Å². The van der Waals surface area contributed by atoms with Crippen molar-refractivity contribution in [1.29, 1.82) is 0 Å². The third-order valence-corrected chi connectivity index (χ3v) is 4.18. The molecule has 0 aliphatic rings. The van der Waals surface area contributed by atoms with E-state index in [4.69, 9.17) is 27.9 Å². The van der Waals surface area contributed by atoms with Crippen molar-refractivity contribution < 1.29 is 4.74 Å². The van der Waals surface area contributed by atoms with E-state index in [-0.39, 0.29) is 0 Å². The molecule has 124 valence electrons. The van der Waals surface area contributed by atoms with E-state index in [1.165, 1.54) is 24.8 Å². The zero-order valence-corrected chi connectivity index (χ0v) is 15.0. The van der Waals surface area contributed by atoms with Crippen molar-refractivity contribution >= 4 is 23.2 Å². The molecule has 1 N–H and O–H groups in total. The molecule has 0 amide bonds. The maximum Gasteiger partial charge on any atom is 0.120 e. The number of nitrogens with one attached hydrogen (secondary N) is 1. The molecule has 2 aromatic rings. The molecule has 0 unspecified atom stereocenters. The summed E-state index contributed by atoms with van der Waals surface area (Å²) in [6, 6.07) is 13.6. The molecule has 0 spiro atoms. The Hall–Kier alpha value is -1.22. The molecule has 0 saturated carbocycles. The smallest absolute Gasteiger partial charge is 0.120 e.